The highest BCUT2D eigenvalue weighted by Crippen LogP contribution is 2.52. The number of benzene rings is 2. The van der Waals surface area contributed by atoms with E-state index in [1.165, 1.54) is 22.0 Å². The molecule has 29 heavy (non-hydrogen) atoms. The zero-order chi connectivity index (χ0) is 20.5. The van der Waals surface area contributed by atoms with Crippen LogP contribution >= 0.6 is 18.5 Å². The number of fused-ring (bicyclic) bond motifs is 3. The van der Waals surface area contributed by atoms with Crippen LogP contribution in [0.25, 0.3) is 5.69 Å². The molecule has 2 unspecified atom stereocenters. The molecule has 3 aromatic rings. The van der Waals surface area contributed by atoms with E-state index in [-0.39, 0.29) is 0 Å². The zero-order valence-electron chi connectivity index (χ0n) is 17.6. The van der Waals surface area contributed by atoms with Crippen molar-refractivity contribution >= 4 is 29.6 Å². The molecular formula is C22H27N4OPS. The van der Waals surface area contributed by atoms with Crippen molar-refractivity contribution in [3.8, 4) is 11.4 Å². The van der Waals surface area contributed by atoms with Crippen LogP contribution < -0.4 is 15.4 Å². The van der Waals surface area contributed by atoms with Crippen LogP contribution in [0.2, 0.25) is 0 Å². The summed E-state index contributed by atoms with van der Waals surface area (Å²) in [6.07, 6.45) is 1.13. The fraction of sp³-hybridized carbons (Fsp3) is 0.364. The molecule has 0 saturated heterocycles. The summed E-state index contributed by atoms with van der Waals surface area (Å²) in [5.41, 5.74) is 5.02. The SMILES string of the molecule is CCC(C)c1ccc2c(c1)-n1nnc(SP(C)c3ccc(OC)cc3C)c1NC2. The van der Waals surface area contributed by atoms with Crippen molar-refractivity contribution in [3.05, 3.63) is 53.1 Å². The Morgan fingerprint density at radius 1 is 1.28 bits per heavy atom. The second kappa shape index (κ2) is 8.37. The van der Waals surface area contributed by atoms with Crippen LogP contribution in [0.1, 0.15) is 42.9 Å². The Kier molecular flexibility index (Phi) is 5.84. The predicted octanol–water partition coefficient (Wildman–Crippen LogP) is 5.47. The zero-order valence-corrected chi connectivity index (χ0v) is 19.3. The number of hydrogen-bond donors (Lipinski definition) is 1. The molecule has 0 radical (unpaired) electrons. The highest BCUT2D eigenvalue weighted by atomic mass is 32.7. The minimum Gasteiger partial charge on any atom is -0.497 e. The standard InChI is InChI=1S/C22H27N4OPS/c1-6-14(2)16-7-8-17-13-23-21-22(24-25-26(21)19(17)12-16)29-28(5)20-10-9-18(27-4)11-15(20)3/h7-12,14,23H,6,13H2,1-5H3. The Balaban J connectivity index is 1.62. The number of ether oxygens (including phenoxy) is 1. The minimum absolute atomic E-state index is 0.461. The van der Waals surface area contributed by atoms with Gasteiger partial charge in [0, 0.05) is 6.54 Å². The average molecular weight is 427 g/mol. The van der Waals surface area contributed by atoms with Gasteiger partial charge in [-0.3, -0.25) is 0 Å². The smallest absolute Gasteiger partial charge is 0.167 e. The number of aromatic nitrogens is 3. The molecule has 0 spiro atoms. The summed E-state index contributed by atoms with van der Waals surface area (Å²) in [7, 11) is 1.24. The summed E-state index contributed by atoms with van der Waals surface area (Å²) in [6, 6.07) is 13.0. The Bertz CT molecular complexity index is 1040. The van der Waals surface area contributed by atoms with Crippen molar-refractivity contribution in [2.75, 3.05) is 19.1 Å². The maximum atomic E-state index is 5.34. The van der Waals surface area contributed by atoms with Crippen molar-refractivity contribution in [1.29, 1.82) is 0 Å². The van der Waals surface area contributed by atoms with Gasteiger partial charge in [-0.25, -0.2) is 0 Å². The van der Waals surface area contributed by atoms with Gasteiger partial charge in [0.15, 0.2) is 10.8 Å². The van der Waals surface area contributed by atoms with Crippen LogP contribution in [0.5, 0.6) is 5.75 Å². The van der Waals surface area contributed by atoms with Gasteiger partial charge in [-0.2, -0.15) is 4.68 Å². The molecule has 0 bridgehead atoms. The molecule has 0 amide bonds. The molecule has 1 aliphatic rings. The lowest BCUT2D eigenvalue weighted by molar-refractivity contribution is 0.414. The van der Waals surface area contributed by atoms with Crippen LogP contribution in [-0.4, -0.2) is 28.8 Å². The molecule has 2 atom stereocenters. The van der Waals surface area contributed by atoms with Gasteiger partial charge in [0.25, 0.3) is 0 Å². The first-order valence-electron chi connectivity index (χ1n) is 9.91. The van der Waals surface area contributed by atoms with Crippen LogP contribution in [0.15, 0.2) is 41.4 Å². The maximum absolute atomic E-state index is 5.34. The molecular weight excluding hydrogens is 399 g/mol. The third-order valence-corrected chi connectivity index (χ3v) is 9.40. The third kappa shape index (κ3) is 3.88. The van der Waals surface area contributed by atoms with E-state index in [0.29, 0.717) is 5.92 Å². The van der Waals surface area contributed by atoms with Crippen molar-refractivity contribution in [2.45, 2.75) is 44.7 Å². The number of aryl methyl sites for hydroxylation is 1. The molecule has 1 N–H and O–H groups in total. The van der Waals surface area contributed by atoms with Gasteiger partial charge in [-0.05, 0) is 79.3 Å². The lowest BCUT2D eigenvalue weighted by atomic mass is 9.96. The second-order valence-electron chi connectivity index (χ2n) is 7.45. The first-order valence-corrected chi connectivity index (χ1v) is 13.1. The van der Waals surface area contributed by atoms with E-state index < -0.39 is 7.12 Å². The number of hydrogen-bond acceptors (Lipinski definition) is 5. The van der Waals surface area contributed by atoms with Crippen LogP contribution in [0.3, 0.4) is 0 Å². The number of rotatable bonds is 6. The first kappa shape index (κ1) is 20.2. The van der Waals surface area contributed by atoms with Gasteiger partial charge in [-0.1, -0.05) is 42.6 Å². The number of nitrogens with one attached hydrogen (secondary N) is 1. The third-order valence-electron chi connectivity index (χ3n) is 5.57. The molecule has 0 saturated carbocycles. The lowest BCUT2D eigenvalue weighted by Crippen LogP contribution is -2.16. The molecule has 0 fully saturated rings. The van der Waals surface area contributed by atoms with Gasteiger partial charge < -0.3 is 10.1 Å². The van der Waals surface area contributed by atoms with Crippen molar-refractivity contribution in [1.82, 2.24) is 15.0 Å². The van der Waals surface area contributed by atoms with Gasteiger partial charge >= 0.3 is 0 Å². The van der Waals surface area contributed by atoms with E-state index in [0.717, 1.165) is 35.2 Å². The van der Waals surface area contributed by atoms with E-state index in [1.54, 1.807) is 18.5 Å². The Morgan fingerprint density at radius 2 is 2.10 bits per heavy atom. The van der Waals surface area contributed by atoms with Crippen molar-refractivity contribution in [3.63, 3.8) is 0 Å². The molecule has 2 heterocycles. The quantitative estimate of drug-likeness (QED) is 0.530. The van der Waals surface area contributed by atoms with Crippen LogP contribution in [0, 0.1) is 6.92 Å². The molecule has 4 rings (SSSR count). The summed E-state index contributed by atoms with van der Waals surface area (Å²) < 4.78 is 7.31. The monoisotopic (exact) mass is 426 g/mol. The van der Waals surface area contributed by atoms with Gasteiger partial charge in [0.05, 0.1) is 12.8 Å². The fourth-order valence-electron chi connectivity index (χ4n) is 3.58. The second-order valence-corrected chi connectivity index (χ2v) is 11.7. The summed E-state index contributed by atoms with van der Waals surface area (Å²) in [4.78, 5) is 0. The maximum Gasteiger partial charge on any atom is 0.167 e. The summed E-state index contributed by atoms with van der Waals surface area (Å²) in [6.45, 7) is 9.72. The van der Waals surface area contributed by atoms with E-state index in [2.05, 4.69) is 73.4 Å². The van der Waals surface area contributed by atoms with Gasteiger partial charge in [-0.15, -0.1) is 5.10 Å². The van der Waals surface area contributed by atoms with E-state index in [9.17, 15) is 0 Å². The first-order chi connectivity index (χ1) is 14.0. The van der Waals surface area contributed by atoms with E-state index in [1.807, 2.05) is 10.7 Å². The summed E-state index contributed by atoms with van der Waals surface area (Å²) in [5.74, 6) is 2.44. The van der Waals surface area contributed by atoms with Crippen LogP contribution in [0.4, 0.5) is 5.82 Å². The van der Waals surface area contributed by atoms with Crippen molar-refractivity contribution in [2.24, 2.45) is 0 Å². The normalized spacial score (nSPS) is 14.5. The van der Waals surface area contributed by atoms with E-state index >= 15 is 0 Å². The van der Waals surface area contributed by atoms with Gasteiger partial charge in [0.2, 0.25) is 0 Å². The Hall–Kier alpha value is -2.04. The molecule has 152 valence electrons. The Labute approximate surface area is 177 Å². The van der Waals surface area contributed by atoms with Crippen molar-refractivity contribution < 1.29 is 4.74 Å². The summed E-state index contributed by atoms with van der Waals surface area (Å²) in [5, 5.41) is 14.9. The predicted molar refractivity (Wildman–Crippen MR) is 123 cm³/mol. The number of nitrogens with zero attached hydrogens (tertiary/aromatic N) is 3. The highest BCUT2D eigenvalue weighted by molar-refractivity contribution is 8.57. The number of anilines is 1. The molecule has 1 aromatic heterocycles. The lowest BCUT2D eigenvalue weighted by Gasteiger charge is -2.22. The molecule has 2 aromatic carbocycles. The van der Waals surface area contributed by atoms with Crippen LogP contribution in [-0.2, 0) is 6.54 Å². The average Bonchev–Trinajstić information content (AvgIpc) is 3.15. The fourth-order valence-corrected chi connectivity index (χ4v) is 7.16. The van der Waals surface area contributed by atoms with Gasteiger partial charge in [0.1, 0.15) is 5.75 Å². The largest absolute Gasteiger partial charge is 0.497 e. The Morgan fingerprint density at radius 3 is 2.83 bits per heavy atom. The number of methoxy groups -OCH3 is 1. The molecule has 7 heteroatoms. The molecule has 1 aliphatic heterocycles. The topological polar surface area (TPSA) is 52.0 Å². The molecule has 0 aliphatic carbocycles. The highest BCUT2D eigenvalue weighted by Gasteiger charge is 2.24. The molecule has 5 nitrogen and oxygen atoms in total. The minimum atomic E-state index is -0.461. The summed E-state index contributed by atoms with van der Waals surface area (Å²) >= 11 is 1.80. The van der Waals surface area contributed by atoms with E-state index in [4.69, 9.17) is 4.74 Å².